The van der Waals surface area contributed by atoms with E-state index in [0.29, 0.717) is 12.8 Å². The van der Waals surface area contributed by atoms with Crippen molar-refractivity contribution >= 4 is 11.6 Å². The molecule has 0 aliphatic heterocycles. The van der Waals surface area contributed by atoms with Gasteiger partial charge in [-0.1, -0.05) is 7.43 Å². The molecule has 2 rings (SSSR count). The molecule has 0 spiro atoms. The molecule has 0 heterocycles. The van der Waals surface area contributed by atoms with Crippen molar-refractivity contribution in [2.45, 2.75) is 46.0 Å². The van der Waals surface area contributed by atoms with E-state index < -0.39 is 0 Å². The number of hydrogen-bond acceptors (Lipinski definition) is 2. The van der Waals surface area contributed by atoms with Gasteiger partial charge in [0, 0.05) is 24.0 Å². The second-order valence-electron chi connectivity index (χ2n) is 3.51. The normalized spacial score (nSPS) is 22.5. The molecule has 2 aliphatic rings. The molecule has 2 nitrogen and oxygen atoms in total. The predicted octanol–water partition coefficient (Wildman–Crippen LogP) is 2.43. The highest BCUT2D eigenvalue weighted by Gasteiger charge is 2.27. The highest BCUT2D eigenvalue weighted by molar-refractivity contribution is 6.11. The lowest BCUT2D eigenvalue weighted by Gasteiger charge is -2.22. The summed E-state index contributed by atoms with van der Waals surface area (Å²) in [6, 6.07) is 0. The fourth-order valence-corrected chi connectivity index (χ4v) is 2.05. The summed E-state index contributed by atoms with van der Waals surface area (Å²) in [6.07, 6.45) is 4.77. The van der Waals surface area contributed by atoms with E-state index in [2.05, 4.69) is 0 Å². The SMILES string of the molecule is C.O=C1CCC(=O)C2=C1CCCC2. The van der Waals surface area contributed by atoms with E-state index in [9.17, 15) is 9.59 Å². The Kier molecular flexibility index (Phi) is 3.02. The second-order valence-corrected chi connectivity index (χ2v) is 3.51. The van der Waals surface area contributed by atoms with Crippen molar-refractivity contribution in [3.63, 3.8) is 0 Å². The molecule has 0 unspecified atom stereocenters. The third kappa shape index (κ3) is 1.71. The molecule has 0 atom stereocenters. The first-order chi connectivity index (χ1) is 5.79. The van der Waals surface area contributed by atoms with Gasteiger partial charge in [0.1, 0.15) is 0 Å². The van der Waals surface area contributed by atoms with Gasteiger partial charge in [-0.05, 0) is 25.7 Å². The second kappa shape index (κ2) is 3.86. The maximum Gasteiger partial charge on any atom is 0.159 e. The van der Waals surface area contributed by atoms with E-state index in [1.165, 1.54) is 0 Å². The molecule has 13 heavy (non-hydrogen) atoms. The summed E-state index contributed by atoms with van der Waals surface area (Å²) in [6.45, 7) is 0. The highest BCUT2D eigenvalue weighted by Crippen LogP contribution is 2.31. The molecule has 0 aromatic carbocycles. The zero-order chi connectivity index (χ0) is 8.55. The van der Waals surface area contributed by atoms with Crippen molar-refractivity contribution in [3.05, 3.63) is 11.1 Å². The van der Waals surface area contributed by atoms with E-state index in [0.717, 1.165) is 36.8 Å². The smallest absolute Gasteiger partial charge is 0.159 e. The van der Waals surface area contributed by atoms with Gasteiger partial charge in [0.25, 0.3) is 0 Å². The van der Waals surface area contributed by atoms with Gasteiger partial charge in [0.15, 0.2) is 11.6 Å². The predicted molar refractivity (Wildman–Crippen MR) is 51.5 cm³/mol. The summed E-state index contributed by atoms with van der Waals surface area (Å²) in [7, 11) is 0. The molecule has 0 saturated heterocycles. The van der Waals surface area contributed by atoms with E-state index in [4.69, 9.17) is 0 Å². The summed E-state index contributed by atoms with van der Waals surface area (Å²) >= 11 is 0. The Balaban J connectivity index is 0.000000845. The van der Waals surface area contributed by atoms with Gasteiger partial charge in [0.2, 0.25) is 0 Å². The average molecular weight is 180 g/mol. The Labute approximate surface area is 79.0 Å². The number of carbonyl (C=O) groups is 2. The number of allylic oxidation sites excluding steroid dienone is 2. The Hall–Kier alpha value is -0.920. The first-order valence-electron chi connectivity index (χ1n) is 4.57. The standard InChI is InChI=1S/C10H12O2.CH4/c11-9-5-6-10(12)8-4-2-1-3-7(8)9;/h1-6H2;1H4. The van der Waals surface area contributed by atoms with Crippen LogP contribution in [0.5, 0.6) is 0 Å². The first kappa shape index (κ1) is 10.2. The Morgan fingerprint density at radius 3 is 1.46 bits per heavy atom. The monoisotopic (exact) mass is 180 g/mol. The quantitative estimate of drug-likeness (QED) is 0.573. The minimum Gasteiger partial charge on any atom is -0.295 e. The number of Topliss-reactive ketones (excluding diaryl/α,β-unsaturated/α-hetero) is 2. The molecular weight excluding hydrogens is 164 g/mol. The first-order valence-corrected chi connectivity index (χ1v) is 4.57. The summed E-state index contributed by atoms with van der Waals surface area (Å²) in [5.41, 5.74) is 1.72. The van der Waals surface area contributed by atoms with Crippen molar-refractivity contribution in [3.8, 4) is 0 Å². The minimum atomic E-state index is 0. The Morgan fingerprint density at radius 1 is 0.692 bits per heavy atom. The van der Waals surface area contributed by atoms with Crippen LogP contribution in [0.25, 0.3) is 0 Å². The van der Waals surface area contributed by atoms with E-state index in [1.54, 1.807) is 0 Å². The summed E-state index contributed by atoms with van der Waals surface area (Å²) in [5, 5.41) is 0. The van der Waals surface area contributed by atoms with Crippen molar-refractivity contribution in [1.82, 2.24) is 0 Å². The molecule has 0 fully saturated rings. The van der Waals surface area contributed by atoms with Crippen LogP contribution in [0.4, 0.5) is 0 Å². The zero-order valence-corrected chi connectivity index (χ0v) is 7.06. The molecule has 2 aliphatic carbocycles. The van der Waals surface area contributed by atoms with Crippen LogP contribution < -0.4 is 0 Å². The summed E-state index contributed by atoms with van der Waals surface area (Å²) < 4.78 is 0. The summed E-state index contributed by atoms with van der Waals surface area (Å²) in [5.74, 6) is 0.452. The lowest BCUT2D eigenvalue weighted by molar-refractivity contribution is -0.122. The van der Waals surface area contributed by atoms with Gasteiger partial charge in [0.05, 0.1) is 0 Å². The molecule has 0 radical (unpaired) electrons. The highest BCUT2D eigenvalue weighted by atomic mass is 16.1. The summed E-state index contributed by atoms with van der Waals surface area (Å²) in [4.78, 5) is 22.7. The molecule has 0 bridgehead atoms. The number of rotatable bonds is 0. The van der Waals surface area contributed by atoms with E-state index in [-0.39, 0.29) is 19.0 Å². The largest absolute Gasteiger partial charge is 0.295 e. The van der Waals surface area contributed by atoms with Crippen LogP contribution in [0.15, 0.2) is 11.1 Å². The van der Waals surface area contributed by atoms with Gasteiger partial charge < -0.3 is 0 Å². The third-order valence-corrected chi connectivity index (χ3v) is 2.72. The van der Waals surface area contributed by atoms with Gasteiger partial charge in [-0.25, -0.2) is 0 Å². The Morgan fingerprint density at radius 2 is 1.08 bits per heavy atom. The van der Waals surface area contributed by atoms with E-state index >= 15 is 0 Å². The van der Waals surface area contributed by atoms with Gasteiger partial charge in [-0.2, -0.15) is 0 Å². The van der Waals surface area contributed by atoms with Crippen LogP contribution in [-0.2, 0) is 9.59 Å². The molecule has 2 heteroatoms. The van der Waals surface area contributed by atoms with Crippen LogP contribution in [0.2, 0.25) is 0 Å². The molecule has 0 saturated carbocycles. The molecule has 0 N–H and O–H groups in total. The fourth-order valence-electron chi connectivity index (χ4n) is 2.05. The van der Waals surface area contributed by atoms with Crippen LogP contribution in [0.3, 0.4) is 0 Å². The molecule has 0 aromatic rings. The number of carbonyl (C=O) groups excluding carboxylic acids is 2. The van der Waals surface area contributed by atoms with Gasteiger partial charge in [-0.3, -0.25) is 9.59 Å². The molecule has 72 valence electrons. The van der Waals surface area contributed by atoms with Crippen molar-refractivity contribution in [2.75, 3.05) is 0 Å². The third-order valence-electron chi connectivity index (χ3n) is 2.72. The lowest BCUT2D eigenvalue weighted by Crippen LogP contribution is -2.21. The van der Waals surface area contributed by atoms with E-state index in [1.807, 2.05) is 0 Å². The van der Waals surface area contributed by atoms with Crippen LogP contribution in [-0.4, -0.2) is 11.6 Å². The van der Waals surface area contributed by atoms with Crippen LogP contribution in [0, 0.1) is 0 Å². The maximum atomic E-state index is 11.4. The topological polar surface area (TPSA) is 34.1 Å². The van der Waals surface area contributed by atoms with Crippen LogP contribution >= 0.6 is 0 Å². The average Bonchev–Trinajstić information content (AvgIpc) is 2.12. The van der Waals surface area contributed by atoms with Crippen LogP contribution in [0.1, 0.15) is 46.0 Å². The van der Waals surface area contributed by atoms with Crippen molar-refractivity contribution in [2.24, 2.45) is 0 Å². The fraction of sp³-hybridized carbons (Fsp3) is 0.636. The molecule has 0 aromatic heterocycles. The zero-order valence-electron chi connectivity index (χ0n) is 7.06. The number of ketones is 2. The molecule has 0 amide bonds. The van der Waals surface area contributed by atoms with Gasteiger partial charge >= 0.3 is 0 Å². The minimum absolute atomic E-state index is 0. The Bertz CT molecular complexity index is 246. The van der Waals surface area contributed by atoms with Crippen molar-refractivity contribution in [1.29, 1.82) is 0 Å². The molecular formula is C11H16O2. The lowest BCUT2D eigenvalue weighted by atomic mass is 9.81. The maximum absolute atomic E-state index is 11.4. The number of hydrogen-bond donors (Lipinski definition) is 0. The van der Waals surface area contributed by atoms with Crippen molar-refractivity contribution < 1.29 is 9.59 Å². The van der Waals surface area contributed by atoms with Gasteiger partial charge in [-0.15, -0.1) is 0 Å².